The second-order valence-electron chi connectivity index (χ2n) is 7.15. The number of aryl methyl sites for hydroxylation is 2. The van der Waals surface area contributed by atoms with Crippen molar-refractivity contribution in [3.63, 3.8) is 0 Å². The molecule has 1 aliphatic carbocycles. The zero-order valence-electron chi connectivity index (χ0n) is 16.3. The van der Waals surface area contributed by atoms with Gasteiger partial charge in [-0.2, -0.15) is 0 Å². The van der Waals surface area contributed by atoms with E-state index in [2.05, 4.69) is 15.3 Å². The summed E-state index contributed by atoms with van der Waals surface area (Å²) in [6, 6.07) is 4.58. The molecule has 4 rings (SSSR count). The zero-order valence-corrected chi connectivity index (χ0v) is 18.0. The van der Waals surface area contributed by atoms with E-state index in [1.165, 1.54) is 22.7 Å². The summed E-state index contributed by atoms with van der Waals surface area (Å²) in [7, 11) is 0. The monoisotopic (exact) mass is 444 g/mol. The van der Waals surface area contributed by atoms with E-state index < -0.39 is 4.92 Å². The van der Waals surface area contributed by atoms with E-state index in [1.807, 2.05) is 0 Å². The summed E-state index contributed by atoms with van der Waals surface area (Å²) in [6.07, 6.45) is 4.21. The first-order chi connectivity index (χ1) is 14.4. The molecule has 0 atom stereocenters. The van der Waals surface area contributed by atoms with Crippen LogP contribution in [0.15, 0.2) is 23.0 Å². The van der Waals surface area contributed by atoms with E-state index in [0.29, 0.717) is 22.8 Å². The Balaban J connectivity index is 1.40. The Morgan fingerprint density at radius 3 is 2.97 bits per heavy atom. The van der Waals surface area contributed by atoms with Crippen LogP contribution >= 0.6 is 23.1 Å². The number of carbonyl (C=O) groups excluding carboxylic acids is 1. The molecule has 2 N–H and O–H groups in total. The molecule has 2 heterocycles. The molecule has 0 saturated heterocycles. The zero-order chi connectivity index (χ0) is 21.3. The van der Waals surface area contributed by atoms with Crippen LogP contribution < -0.4 is 10.9 Å². The van der Waals surface area contributed by atoms with Crippen LogP contribution in [-0.2, 0) is 23.4 Å². The predicted molar refractivity (Wildman–Crippen MR) is 120 cm³/mol. The summed E-state index contributed by atoms with van der Waals surface area (Å²) in [4.78, 5) is 44.9. The number of aromatic nitrogens is 2. The Kier molecular flexibility index (Phi) is 5.87. The van der Waals surface area contributed by atoms with Crippen molar-refractivity contribution in [2.24, 2.45) is 0 Å². The van der Waals surface area contributed by atoms with E-state index >= 15 is 0 Å². The highest BCUT2D eigenvalue weighted by atomic mass is 32.2. The molecule has 156 valence electrons. The van der Waals surface area contributed by atoms with Crippen molar-refractivity contribution < 1.29 is 9.72 Å². The van der Waals surface area contributed by atoms with E-state index in [9.17, 15) is 19.7 Å². The Morgan fingerprint density at radius 2 is 2.17 bits per heavy atom. The molecule has 0 spiro atoms. The summed E-state index contributed by atoms with van der Waals surface area (Å²) >= 11 is 2.93. The van der Waals surface area contributed by atoms with Crippen molar-refractivity contribution in [2.75, 3.05) is 11.1 Å². The fraction of sp³-hybridized carbons (Fsp3) is 0.350. The number of thiophene rings is 1. The number of rotatable bonds is 6. The van der Waals surface area contributed by atoms with Crippen molar-refractivity contribution in [3.8, 4) is 0 Å². The van der Waals surface area contributed by atoms with Gasteiger partial charge in [0.2, 0.25) is 5.91 Å². The molecule has 30 heavy (non-hydrogen) atoms. The van der Waals surface area contributed by atoms with Crippen LogP contribution in [0.25, 0.3) is 10.2 Å². The first kappa shape index (κ1) is 20.5. The molecule has 0 saturated carbocycles. The van der Waals surface area contributed by atoms with Gasteiger partial charge >= 0.3 is 0 Å². The number of hydrogen-bond donors (Lipinski definition) is 2. The summed E-state index contributed by atoms with van der Waals surface area (Å²) < 4.78 is 0. The van der Waals surface area contributed by atoms with E-state index in [0.717, 1.165) is 41.5 Å². The van der Waals surface area contributed by atoms with Gasteiger partial charge in [-0.3, -0.25) is 19.7 Å². The summed E-state index contributed by atoms with van der Waals surface area (Å²) in [6.45, 7) is 1.60. The largest absolute Gasteiger partial charge is 0.325 e. The van der Waals surface area contributed by atoms with Gasteiger partial charge < -0.3 is 10.3 Å². The van der Waals surface area contributed by atoms with Gasteiger partial charge in [0.05, 0.1) is 33.1 Å². The number of nitrogens with one attached hydrogen (secondary N) is 2. The Morgan fingerprint density at radius 1 is 1.37 bits per heavy atom. The molecule has 10 heteroatoms. The third kappa shape index (κ3) is 4.10. The van der Waals surface area contributed by atoms with E-state index in [1.54, 1.807) is 30.4 Å². The van der Waals surface area contributed by atoms with E-state index in [4.69, 9.17) is 0 Å². The highest BCUT2D eigenvalue weighted by Gasteiger charge is 2.20. The van der Waals surface area contributed by atoms with Gasteiger partial charge in [-0.05, 0) is 44.2 Å². The van der Waals surface area contributed by atoms with Gasteiger partial charge in [0.1, 0.15) is 10.7 Å². The third-order valence-electron chi connectivity index (χ3n) is 5.12. The average Bonchev–Trinajstić information content (AvgIpc) is 3.08. The molecule has 0 unspecified atom stereocenters. The maximum absolute atomic E-state index is 12.6. The molecule has 1 amide bonds. The number of nitro benzene ring substituents is 1. The number of hydrogen-bond acceptors (Lipinski definition) is 7. The molecule has 0 radical (unpaired) electrons. The smallest absolute Gasteiger partial charge is 0.274 e. The maximum atomic E-state index is 12.6. The molecule has 0 bridgehead atoms. The van der Waals surface area contributed by atoms with Gasteiger partial charge in [-0.1, -0.05) is 6.07 Å². The van der Waals surface area contributed by atoms with Crippen LogP contribution in [0.2, 0.25) is 0 Å². The minimum Gasteiger partial charge on any atom is -0.325 e. The standard InChI is InChI=1S/C20H20N4O4S2/c1-11-13(6-4-7-14(11)24(27)28)21-17(25)10-29-9-16-22-19(26)18-12-5-2-3-8-15(12)30-20(18)23-16/h4,6-7H,2-3,5,8-10H2,1H3,(H,21,25)(H,22,23,26). The number of anilines is 1. The Labute approximate surface area is 180 Å². The lowest BCUT2D eigenvalue weighted by atomic mass is 9.97. The van der Waals surface area contributed by atoms with Crippen molar-refractivity contribution >= 4 is 50.6 Å². The maximum Gasteiger partial charge on any atom is 0.274 e. The second kappa shape index (κ2) is 8.57. The average molecular weight is 445 g/mol. The van der Waals surface area contributed by atoms with Gasteiger partial charge in [0.15, 0.2) is 0 Å². The normalized spacial score (nSPS) is 13.2. The number of carbonyl (C=O) groups is 1. The third-order valence-corrected chi connectivity index (χ3v) is 7.25. The van der Waals surface area contributed by atoms with Crippen LogP contribution in [0.3, 0.4) is 0 Å². The Hall–Kier alpha value is -2.72. The molecule has 0 fully saturated rings. The van der Waals surface area contributed by atoms with Crippen molar-refractivity contribution in [2.45, 2.75) is 38.4 Å². The highest BCUT2D eigenvalue weighted by Crippen LogP contribution is 2.33. The number of amides is 1. The van der Waals surface area contributed by atoms with E-state index in [-0.39, 0.29) is 22.9 Å². The number of thioether (sulfide) groups is 1. The van der Waals surface area contributed by atoms with Gasteiger partial charge in [0, 0.05) is 10.9 Å². The first-order valence-electron chi connectivity index (χ1n) is 9.59. The number of H-pyrrole nitrogens is 1. The van der Waals surface area contributed by atoms with Gasteiger partial charge in [-0.25, -0.2) is 4.98 Å². The van der Waals surface area contributed by atoms with Crippen LogP contribution in [0.1, 0.15) is 34.7 Å². The Bertz CT molecular complexity index is 1200. The number of nitrogens with zero attached hydrogens (tertiary/aromatic N) is 2. The topological polar surface area (TPSA) is 118 Å². The minimum atomic E-state index is -0.472. The minimum absolute atomic E-state index is 0.0332. The SMILES string of the molecule is Cc1c(NC(=O)CSCc2nc3sc4c(c3c(=O)[nH]2)CCCC4)cccc1[N+](=O)[O-]. The van der Waals surface area contributed by atoms with Crippen molar-refractivity contribution in [3.05, 3.63) is 60.5 Å². The first-order valence-corrected chi connectivity index (χ1v) is 11.6. The molecule has 3 aromatic rings. The fourth-order valence-corrected chi connectivity index (χ4v) is 5.63. The van der Waals surface area contributed by atoms with Crippen LogP contribution in [0.5, 0.6) is 0 Å². The quantitative estimate of drug-likeness (QED) is 0.439. The number of benzene rings is 1. The van der Waals surface area contributed by atoms with Crippen molar-refractivity contribution in [1.29, 1.82) is 0 Å². The fourth-order valence-electron chi connectivity index (χ4n) is 3.66. The number of aromatic amines is 1. The molecule has 1 aliphatic rings. The molecule has 2 aromatic heterocycles. The summed E-state index contributed by atoms with van der Waals surface area (Å²) in [5.41, 5.74) is 1.85. The van der Waals surface area contributed by atoms with Gasteiger partial charge in [0.25, 0.3) is 11.2 Å². The van der Waals surface area contributed by atoms with Crippen LogP contribution in [-0.4, -0.2) is 26.6 Å². The number of nitro groups is 1. The van der Waals surface area contributed by atoms with Crippen molar-refractivity contribution in [1.82, 2.24) is 9.97 Å². The lowest BCUT2D eigenvalue weighted by molar-refractivity contribution is -0.385. The van der Waals surface area contributed by atoms with Crippen LogP contribution in [0.4, 0.5) is 11.4 Å². The number of fused-ring (bicyclic) bond motifs is 3. The summed E-state index contributed by atoms with van der Waals surface area (Å²) in [5, 5.41) is 14.5. The van der Waals surface area contributed by atoms with Crippen LogP contribution in [0, 0.1) is 17.0 Å². The lowest BCUT2D eigenvalue weighted by Gasteiger charge is -2.09. The molecular formula is C20H20N4O4S2. The predicted octanol–water partition coefficient (Wildman–Crippen LogP) is 3.95. The highest BCUT2D eigenvalue weighted by molar-refractivity contribution is 7.99. The lowest BCUT2D eigenvalue weighted by Crippen LogP contribution is -2.16. The molecule has 8 nitrogen and oxygen atoms in total. The van der Waals surface area contributed by atoms with Gasteiger partial charge in [-0.15, -0.1) is 23.1 Å². The molecule has 0 aliphatic heterocycles. The molecular weight excluding hydrogens is 424 g/mol. The second-order valence-corrected chi connectivity index (χ2v) is 9.22. The summed E-state index contributed by atoms with van der Waals surface area (Å²) in [5.74, 6) is 0.828. The molecule has 1 aromatic carbocycles.